The Morgan fingerprint density at radius 1 is 0.667 bits per heavy atom. The number of benzene rings is 2. The van der Waals surface area contributed by atoms with Crippen molar-refractivity contribution in [1.29, 1.82) is 0 Å². The number of non-ortho nitro benzene ring substituents is 2. The summed E-state index contributed by atoms with van der Waals surface area (Å²) in [5, 5.41) is 27.4. The van der Waals surface area contributed by atoms with Gasteiger partial charge in [0.05, 0.1) is 21.2 Å². The van der Waals surface area contributed by atoms with E-state index >= 15 is 0 Å². The van der Waals surface area contributed by atoms with E-state index in [1.165, 1.54) is 24.3 Å². The molecule has 2 aliphatic carbocycles. The van der Waals surface area contributed by atoms with Crippen molar-refractivity contribution in [3.63, 3.8) is 0 Å². The lowest BCUT2D eigenvalue weighted by atomic mass is 10.1. The topological polar surface area (TPSA) is 170 Å². The number of carbonyl (C=O) groups excluding carboxylic acids is 2. The average molecular weight is 522 g/mol. The van der Waals surface area contributed by atoms with Crippen molar-refractivity contribution in [3.8, 4) is 22.3 Å². The maximum Gasteiger partial charge on any atom is 0.269 e. The molecular weight excluding hydrogens is 504 g/mol. The van der Waals surface area contributed by atoms with Crippen molar-refractivity contribution < 1.29 is 19.4 Å². The van der Waals surface area contributed by atoms with Crippen molar-refractivity contribution in [2.75, 3.05) is 10.6 Å². The number of fused-ring (bicyclic) bond motifs is 6. The van der Waals surface area contributed by atoms with Crippen LogP contribution in [0.4, 0.5) is 23.0 Å². The Bertz CT molecular complexity index is 1620. The molecule has 0 saturated heterocycles. The normalized spacial score (nSPS) is 12.1. The van der Waals surface area contributed by atoms with Gasteiger partial charge in [0.1, 0.15) is 18.1 Å². The molecule has 0 fully saturated rings. The Morgan fingerprint density at radius 2 is 1.08 bits per heavy atom. The molecule has 39 heavy (non-hydrogen) atoms. The number of aromatic nitrogens is 2. The average Bonchev–Trinajstić information content (AvgIpc) is 3.44. The van der Waals surface area contributed by atoms with E-state index in [2.05, 4.69) is 20.6 Å². The van der Waals surface area contributed by atoms with Gasteiger partial charge in [-0.2, -0.15) is 0 Å². The molecule has 2 N–H and O–H groups in total. The van der Waals surface area contributed by atoms with Crippen molar-refractivity contribution >= 4 is 34.8 Å². The van der Waals surface area contributed by atoms with Gasteiger partial charge in [-0.3, -0.25) is 29.8 Å². The molecule has 0 bridgehead atoms. The van der Waals surface area contributed by atoms with Crippen LogP contribution in [0.25, 0.3) is 22.3 Å². The van der Waals surface area contributed by atoms with Gasteiger partial charge in [-0.1, -0.05) is 0 Å². The molecule has 2 aromatic carbocycles. The third-order valence-electron chi connectivity index (χ3n) is 6.70. The number of nitrogens with zero attached hydrogens (tertiary/aromatic N) is 4. The van der Waals surface area contributed by atoms with E-state index in [1.54, 1.807) is 36.4 Å². The number of hydrogen-bond donors (Lipinski definition) is 2. The van der Waals surface area contributed by atoms with Gasteiger partial charge in [0.15, 0.2) is 0 Å². The zero-order chi connectivity index (χ0) is 27.3. The third-order valence-corrected chi connectivity index (χ3v) is 6.70. The number of nitro benzene ring substituents is 2. The molecule has 6 rings (SSSR count). The lowest BCUT2D eigenvalue weighted by Gasteiger charge is -2.08. The highest BCUT2D eigenvalue weighted by Crippen LogP contribution is 2.39. The minimum absolute atomic E-state index is 0.00691. The minimum Gasteiger partial charge on any atom is -0.310 e. The zero-order valence-corrected chi connectivity index (χ0v) is 20.1. The largest absolute Gasteiger partial charge is 0.310 e. The number of nitro groups is 2. The molecule has 12 heteroatoms. The van der Waals surface area contributed by atoms with E-state index in [4.69, 9.17) is 0 Å². The molecule has 2 aromatic heterocycles. The van der Waals surface area contributed by atoms with Gasteiger partial charge >= 0.3 is 0 Å². The van der Waals surface area contributed by atoms with E-state index in [0.717, 1.165) is 33.4 Å². The second-order valence-corrected chi connectivity index (χ2v) is 9.21. The Balaban J connectivity index is 1.08. The Kier molecular flexibility index (Phi) is 5.56. The summed E-state index contributed by atoms with van der Waals surface area (Å²) in [5.74, 6) is -0.577. The van der Waals surface area contributed by atoms with Gasteiger partial charge in [-0.25, -0.2) is 9.97 Å². The first-order valence-corrected chi connectivity index (χ1v) is 11.9. The fourth-order valence-electron chi connectivity index (χ4n) is 4.99. The quantitative estimate of drug-likeness (QED) is 0.184. The minimum atomic E-state index is -0.563. The van der Waals surface area contributed by atoms with E-state index in [9.17, 15) is 29.8 Å². The van der Waals surface area contributed by atoms with Crippen molar-refractivity contribution in [2.24, 2.45) is 0 Å². The lowest BCUT2D eigenvalue weighted by Crippen LogP contribution is -2.22. The second-order valence-electron chi connectivity index (χ2n) is 9.21. The van der Waals surface area contributed by atoms with Crippen LogP contribution in [-0.2, 0) is 22.4 Å². The molecule has 4 aromatic rings. The molecule has 2 heterocycles. The molecule has 0 radical (unpaired) electrons. The highest BCUT2D eigenvalue weighted by Gasteiger charge is 2.24. The van der Waals surface area contributed by atoms with Crippen LogP contribution in [0.15, 0.2) is 60.7 Å². The first kappa shape index (κ1) is 23.9. The number of carbonyl (C=O) groups is 2. The smallest absolute Gasteiger partial charge is 0.269 e. The first-order valence-electron chi connectivity index (χ1n) is 11.9. The maximum absolute atomic E-state index is 12.5. The van der Waals surface area contributed by atoms with E-state index in [0.29, 0.717) is 24.2 Å². The molecule has 2 amide bonds. The predicted octanol–water partition coefficient (Wildman–Crippen LogP) is 4.40. The first-order chi connectivity index (χ1) is 18.7. The predicted molar refractivity (Wildman–Crippen MR) is 140 cm³/mol. The summed E-state index contributed by atoms with van der Waals surface area (Å²) in [6.07, 6.45) is 0.339. The fourth-order valence-corrected chi connectivity index (χ4v) is 4.99. The number of rotatable bonds is 6. The molecule has 12 nitrogen and oxygen atoms in total. The molecular formula is C27H18N6O6. The van der Waals surface area contributed by atoms with Crippen molar-refractivity contribution in [2.45, 2.75) is 19.3 Å². The molecule has 0 aliphatic heterocycles. The molecule has 192 valence electrons. The van der Waals surface area contributed by atoms with Crippen LogP contribution >= 0.6 is 0 Å². The number of nitrogens with one attached hydrogen (secondary N) is 2. The monoisotopic (exact) mass is 522 g/mol. The molecule has 0 atom stereocenters. The third kappa shape index (κ3) is 4.44. The lowest BCUT2D eigenvalue weighted by molar-refractivity contribution is -0.385. The molecule has 0 unspecified atom stereocenters. The summed E-state index contributed by atoms with van der Waals surface area (Å²) >= 11 is 0. The second kappa shape index (κ2) is 9.10. The van der Waals surface area contributed by atoms with Gasteiger partial charge in [0, 0.05) is 48.2 Å². The Labute approximate surface area is 220 Å². The highest BCUT2D eigenvalue weighted by molar-refractivity contribution is 6.07. The van der Waals surface area contributed by atoms with Crippen LogP contribution in [0.3, 0.4) is 0 Å². The summed E-state index contributed by atoms with van der Waals surface area (Å²) in [5.41, 5.74) is 6.37. The van der Waals surface area contributed by atoms with Gasteiger partial charge in [-0.15, -0.1) is 0 Å². The summed E-state index contributed by atoms with van der Waals surface area (Å²) in [4.78, 5) is 55.2. The van der Waals surface area contributed by atoms with Crippen LogP contribution < -0.4 is 10.6 Å². The SMILES string of the molecule is O=C(CC(=O)Nc1ccc2c(n1)Cc1cc([N+](=O)[O-])ccc1-2)Nc1ccc2c(n1)Cc1cc([N+](=O)[O-])ccc1-2. The maximum atomic E-state index is 12.5. The molecule has 0 saturated carbocycles. The molecule has 0 spiro atoms. The van der Waals surface area contributed by atoms with Crippen molar-refractivity contribution in [3.05, 3.63) is 103 Å². The van der Waals surface area contributed by atoms with Crippen LogP contribution in [-0.4, -0.2) is 31.6 Å². The van der Waals surface area contributed by atoms with E-state index in [-0.39, 0.29) is 23.0 Å². The highest BCUT2D eigenvalue weighted by atomic mass is 16.6. The van der Waals surface area contributed by atoms with Crippen LogP contribution in [0.2, 0.25) is 0 Å². The zero-order valence-electron chi connectivity index (χ0n) is 20.1. The summed E-state index contributed by atoms with van der Waals surface area (Å²) in [6.45, 7) is 0. The standard InChI is InChI=1S/C27H18N6O6/c34-26(30-24-7-5-20-18-3-1-16(32(36)37)9-14(18)11-22(20)28-24)13-27(35)31-25-8-6-21-19-4-2-17(33(38)39)10-15(19)12-23(21)29-25/h1-10H,11-13H2,(H,28,30,34)(H,29,31,35). The number of anilines is 2. The number of pyridine rings is 2. The van der Waals surface area contributed by atoms with Crippen LogP contribution in [0.5, 0.6) is 0 Å². The van der Waals surface area contributed by atoms with E-state index < -0.39 is 28.1 Å². The van der Waals surface area contributed by atoms with Crippen molar-refractivity contribution in [1.82, 2.24) is 9.97 Å². The fraction of sp³-hybridized carbons (Fsp3) is 0.111. The Hall–Kier alpha value is -5.52. The Morgan fingerprint density at radius 3 is 1.49 bits per heavy atom. The van der Waals surface area contributed by atoms with Crippen LogP contribution in [0.1, 0.15) is 28.9 Å². The van der Waals surface area contributed by atoms with Gasteiger partial charge in [0.2, 0.25) is 11.8 Å². The molecule has 2 aliphatic rings. The van der Waals surface area contributed by atoms with Crippen LogP contribution in [0, 0.1) is 20.2 Å². The van der Waals surface area contributed by atoms with Gasteiger partial charge < -0.3 is 10.6 Å². The van der Waals surface area contributed by atoms with E-state index in [1.807, 2.05) is 0 Å². The number of amides is 2. The number of hydrogen-bond acceptors (Lipinski definition) is 8. The van der Waals surface area contributed by atoms with Gasteiger partial charge in [-0.05, 0) is 58.7 Å². The van der Waals surface area contributed by atoms with Gasteiger partial charge in [0.25, 0.3) is 11.4 Å². The summed E-state index contributed by atoms with van der Waals surface area (Å²) in [6, 6.07) is 16.1. The summed E-state index contributed by atoms with van der Waals surface area (Å²) < 4.78 is 0. The summed E-state index contributed by atoms with van der Waals surface area (Å²) in [7, 11) is 0.